The summed E-state index contributed by atoms with van der Waals surface area (Å²) in [5.74, 6) is 1.08. The van der Waals surface area contributed by atoms with Gasteiger partial charge in [0, 0.05) is 53.5 Å². The SMILES string of the molecule is Cc1ccc(C)c(Cc2nc(Nc3ccc(C)c(Nc4ccc5cc(=O)[nH]c6c5c4C(=O)c4ccccc4-6)c3)nc(N(CCO)CCO)n2)c1. The van der Waals surface area contributed by atoms with Gasteiger partial charge in [-0.05, 0) is 61.0 Å². The molecule has 0 unspecified atom stereocenters. The summed E-state index contributed by atoms with van der Waals surface area (Å²) in [6.45, 7) is 6.31. The van der Waals surface area contributed by atoms with E-state index in [0.29, 0.717) is 68.7 Å². The molecule has 0 aliphatic heterocycles. The largest absolute Gasteiger partial charge is 0.395 e. The van der Waals surface area contributed by atoms with Crippen LogP contribution in [0.2, 0.25) is 0 Å². The van der Waals surface area contributed by atoms with E-state index in [4.69, 9.17) is 9.97 Å². The lowest BCUT2D eigenvalue weighted by Crippen LogP contribution is -2.32. The van der Waals surface area contributed by atoms with Crippen molar-refractivity contribution in [2.45, 2.75) is 27.2 Å². The van der Waals surface area contributed by atoms with Crippen LogP contribution in [0, 0.1) is 20.8 Å². The normalized spacial score (nSPS) is 11.8. The van der Waals surface area contributed by atoms with Crippen molar-refractivity contribution < 1.29 is 15.0 Å². The number of hydrogen-bond acceptors (Lipinski definition) is 10. The van der Waals surface area contributed by atoms with E-state index < -0.39 is 0 Å². The van der Waals surface area contributed by atoms with Crippen molar-refractivity contribution in [2.75, 3.05) is 41.8 Å². The highest BCUT2D eigenvalue weighted by Gasteiger charge is 2.28. The highest BCUT2D eigenvalue weighted by Crippen LogP contribution is 2.41. The standard InChI is InChI=1S/C39H37N7O4/c1-22-8-9-23(2)26(18-22)19-32-42-38(45-39(43-32)46(14-16-47)15-17-48)40-27-12-10-24(3)31(21-27)41-30-13-11-25-20-33(49)44-36-28-6-4-5-7-29(28)37(50)35(30)34(25)36/h4-13,18,20-21,41,47-48H,14-17,19H2,1-3H3,(H,44,49)(H,40,42,43,45). The van der Waals surface area contributed by atoms with Crippen LogP contribution < -0.4 is 21.1 Å². The molecular weight excluding hydrogens is 630 g/mol. The molecule has 5 N–H and O–H groups in total. The van der Waals surface area contributed by atoms with Crippen molar-refractivity contribution in [1.82, 2.24) is 19.9 Å². The third-order valence-electron chi connectivity index (χ3n) is 9.00. The summed E-state index contributed by atoms with van der Waals surface area (Å²) in [4.78, 5) is 45.4. The molecule has 0 spiro atoms. The smallest absolute Gasteiger partial charge is 0.249 e. The molecule has 11 nitrogen and oxygen atoms in total. The zero-order chi connectivity index (χ0) is 34.9. The van der Waals surface area contributed by atoms with Crippen molar-refractivity contribution in [3.05, 3.63) is 128 Å². The predicted octanol–water partition coefficient (Wildman–Crippen LogP) is 5.72. The first-order valence-corrected chi connectivity index (χ1v) is 16.5. The zero-order valence-corrected chi connectivity index (χ0v) is 28.0. The molecule has 252 valence electrons. The van der Waals surface area contributed by atoms with Crippen molar-refractivity contribution in [2.24, 2.45) is 0 Å². The third-order valence-corrected chi connectivity index (χ3v) is 9.00. The van der Waals surface area contributed by atoms with Crippen LogP contribution in [-0.2, 0) is 6.42 Å². The topological polar surface area (TPSA) is 156 Å². The van der Waals surface area contributed by atoms with Gasteiger partial charge in [0.1, 0.15) is 5.82 Å². The second kappa shape index (κ2) is 13.5. The van der Waals surface area contributed by atoms with Crippen molar-refractivity contribution in [3.63, 3.8) is 0 Å². The Morgan fingerprint density at radius 2 is 1.52 bits per heavy atom. The summed E-state index contributed by atoms with van der Waals surface area (Å²) in [5.41, 5.74) is 8.50. The predicted molar refractivity (Wildman–Crippen MR) is 196 cm³/mol. The average Bonchev–Trinajstić information content (AvgIpc) is 3.10. The van der Waals surface area contributed by atoms with E-state index >= 15 is 0 Å². The van der Waals surface area contributed by atoms with E-state index in [1.54, 1.807) is 11.0 Å². The minimum absolute atomic E-state index is 0.121. The molecule has 11 heteroatoms. The maximum absolute atomic E-state index is 14.0. The van der Waals surface area contributed by atoms with E-state index in [2.05, 4.69) is 45.7 Å². The number of aromatic amines is 1. The maximum Gasteiger partial charge on any atom is 0.249 e. The van der Waals surface area contributed by atoms with E-state index in [9.17, 15) is 19.8 Å². The number of nitrogens with one attached hydrogen (secondary N) is 3. The van der Waals surface area contributed by atoms with Gasteiger partial charge in [-0.15, -0.1) is 0 Å². The van der Waals surface area contributed by atoms with E-state index in [1.165, 1.54) is 6.07 Å². The third kappa shape index (κ3) is 6.31. The second-order valence-corrected chi connectivity index (χ2v) is 12.5. The minimum Gasteiger partial charge on any atom is -0.395 e. The van der Waals surface area contributed by atoms with Crippen LogP contribution in [0.1, 0.15) is 44.0 Å². The number of rotatable bonds is 11. The summed E-state index contributed by atoms with van der Waals surface area (Å²) < 4.78 is 0. The number of benzene rings is 4. The van der Waals surface area contributed by atoms with Crippen LogP contribution in [0.25, 0.3) is 22.0 Å². The summed E-state index contributed by atoms with van der Waals surface area (Å²) >= 11 is 0. The van der Waals surface area contributed by atoms with Crippen LogP contribution in [0.15, 0.2) is 83.7 Å². The molecule has 0 saturated carbocycles. The molecule has 1 aliphatic rings. The number of ketones is 1. The Morgan fingerprint density at radius 3 is 2.30 bits per heavy atom. The Balaban J connectivity index is 1.26. The average molecular weight is 668 g/mol. The van der Waals surface area contributed by atoms with Gasteiger partial charge in [0.25, 0.3) is 0 Å². The molecule has 2 aromatic heterocycles. The summed E-state index contributed by atoms with van der Waals surface area (Å²) in [7, 11) is 0. The number of nitrogens with zero attached hydrogens (tertiary/aromatic N) is 4. The zero-order valence-electron chi connectivity index (χ0n) is 28.0. The van der Waals surface area contributed by atoms with E-state index in [1.807, 2.05) is 62.4 Å². The lowest BCUT2D eigenvalue weighted by molar-refractivity contribution is 0.104. The number of aliphatic hydroxyl groups is 2. The van der Waals surface area contributed by atoms with E-state index in [0.717, 1.165) is 27.9 Å². The highest BCUT2D eigenvalue weighted by molar-refractivity contribution is 6.28. The molecule has 0 fully saturated rings. The highest BCUT2D eigenvalue weighted by atomic mass is 16.3. The molecule has 2 heterocycles. The number of hydrogen-bond donors (Lipinski definition) is 5. The number of carbonyl (C=O) groups is 1. The quantitative estimate of drug-likeness (QED) is 0.116. The fraction of sp³-hybridized carbons (Fsp3) is 0.205. The number of pyridine rings is 1. The number of fused-ring (bicyclic) bond motifs is 2. The molecule has 0 amide bonds. The molecule has 4 aromatic carbocycles. The fourth-order valence-corrected chi connectivity index (χ4v) is 6.45. The van der Waals surface area contributed by atoms with Crippen LogP contribution in [0.3, 0.4) is 0 Å². The molecule has 6 aromatic rings. The first kappa shape index (κ1) is 32.6. The number of anilines is 5. The summed E-state index contributed by atoms with van der Waals surface area (Å²) in [6, 6.07) is 24.6. The van der Waals surface area contributed by atoms with Gasteiger partial charge in [-0.1, -0.05) is 60.2 Å². The van der Waals surface area contributed by atoms with Crippen LogP contribution in [0.5, 0.6) is 0 Å². The lowest BCUT2D eigenvalue weighted by Gasteiger charge is -2.23. The van der Waals surface area contributed by atoms with Gasteiger partial charge in [-0.2, -0.15) is 15.0 Å². The van der Waals surface area contributed by atoms with Crippen LogP contribution >= 0.6 is 0 Å². The molecule has 0 atom stereocenters. The van der Waals surface area contributed by atoms with Crippen molar-refractivity contribution in [1.29, 1.82) is 0 Å². The number of aromatic nitrogens is 4. The molecule has 0 bridgehead atoms. The van der Waals surface area contributed by atoms with Gasteiger partial charge >= 0.3 is 0 Å². The van der Waals surface area contributed by atoms with Gasteiger partial charge in [0.2, 0.25) is 17.5 Å². The molecule has 7 rings (SSSR count). The Labute approximate surface area is 288 Å². The molecular formula is C39H37N7O4. The summed E-state index contributed by atoms with van der Waals surface area (Å²) in [6.07, 6.45) is 0.472. The monoisotopic (exact) mass is 667 g/mol. The molecule has 0 radical (unpaired) electrons. The Kier molecular flexibility index (Phi) is 8.83. The summed E-state index contributed by atoms with van der Waals surface area (Å²) in [5, 5.41) is 27.7. The van der Waals surface area contributed by atoms with Crippen LogP contribution in [-0.4, -0.2) is 62.2 Å². The number of carbonyl (C=O) groups excluding carboxylic acids is 1. The molecule has 1 aliphatic carbocycles. The first-order chi connectivity index (χ1) is 24.2. The fourth-order valence-electron chi connectivity index (χ4n) is 6.45. The first-order valence-electron chi connectivity index (χ1n) is 16.5. The number of aliphatic hydroxyl groups excluding tert-OH is 2. The number of H-pyrrole nitrogens is 1. The Hall–Kier alpha value is -5.91. The van der Waals surface area contributed by atoms with Crippen molar-refractivity contribution >= 4 is 45.5 Å². The molecule has 50 heavy (non-hydrogen) atoms. The number of aryl methyl sites for hydroxylation is 3. The van der Waals surface area contributed by atoms with Gasteiger partial charge in [0.05, 0.1) is 30.2 Å². The van der Waals surface area contributed by atoms with Gasteiger partial charge in [-0.25, -0.2) is 0 Å². The minimum atomic E-state index is -0.229. The van der Waals surface area contributed by atoms with Crippen molar-refractivity contribution in [3.8, 4) is 11.3 Å². The maximum atomic E-state index is 14.0. The second-order valence-electron chi connectivity index (χ2n) is 12.5. The van der Waals surface area contributed by atoms with Crippen LogP contribution in [0.4, 0.5) is 29.0 Å². The van der Waals surface area contributed by atoms with Gasteiger partial charge in [0.15, 0.2) is 5.78 Å². The Bertz CT molecular complexity index is 2330. The Morgan fingerprint density at radius 1 is 0.760 bits per heavy atom. The molecule has 0 saturated heterocycles. The van der Waals surface area contributed by atoms with Gasteiger partial charge < -0.3 is 30.7 Å². The van der Waals surface area contributed by atoms with Gasteiger partial charge in [-0.3, -0.25) is 9.59 Å². The lowest BCUT2D eigenvalue weighted by atomic mass is 9.84. The van der Waals surface area contributed by atoms with E-state index in [-0.39, 0.29) is 37.6 Å².